The van der Waals surface area contributed by atoms with Gasteiger partial charge in [0.2, 0.25) is 10.0 Å². The maximum absolute atomic E-state index is 13.5. The molecule has 0 saturated carbocycles. The van der Waals surface area contributed by atoms with E-state index in [4.69, 9.17) is 0 Å². The van der Waals surface area contributed by atoms with Gasteiger partial charge in [-0.15, -0.1) is 0 Å². The molecule has 0 spiro atoms. The molecule has 8 heteroatoms. The van der Waals surface area contributed by atoms with E-state index in [1.54, 1.807) is 0 Å². The summed E-state index contributed by atoms with van der Waals surface area (Å²) in [6.45, 7) is 1.62. The van der Waals surface area contributed by atoms with Crippen molar-refractivity contribution >= 4 is 10.0 Å². The molecular weight excluding hydrogens is 293 g/mol. The molecule has 2 N–H and O–H groups in total. The zero-order valence-electron chi connectivity index (χ0n) is 10.6. The molecule has 1 heterocycles. The largest absolute Gasteiger partial charge is 0.316 e. The quantitative estimate of drug-likeness (QED) is 0.883. The molecule has 1 aliphatic rings. The number of benzene rings is 1. The SMILES string of the molecule is O=S(=O)(NCC1CCCNC1)c1c(F)cc(F)cc1F. The average Bonchev–Trinajstić information content (AvgIpc) is 2.36. The third kappa shape index (κ3) is 3.50. The Labute approximate surface area is 115 Å². The van der Waals surface area contributed by atoms with Gasteiger partial charge in [0, 0.05) is 18.7 Å². The van der Waals surface area contributed by atoms with Crippen LogP contribution in [0.3, 0.4) is 0 Å². The summed E-state index contributed by atoms with van der Waals surface area (Å²) in [5.74, 6) is -3.95. The molecule has 0 aromatic heterocycles. The molecule has 4 nitrogen and oxygen atoms in total. The normalized spacial score (nSPS) is 20.1. The fourth-order valence-electron chi connectivity index (χ4n) is 2.18. The summed E-state index contributed by atoms with van der Waals surface area (Å²) in [6.07, 6.45) is 1.76. The summed E-state index contributed by atoms with van der Waals surface area (Å²) >= 11 is 0. The van der Waals surface area contributed by atoms with Crippen molar-refractivity contribution in [3.05, 3.63) is 29.6 Å². The van der Waals surface area contributed by atoms with Gasteiger partial charge in [-0.05, 0) is 31.8 Å². The molecule has 0 amide bonds. The fraction of sp³-hybridized carbons (Fsp3) is 0.500. The van der Waals surface area contributed by atoms with Gasteiger partial charge >= 0.3 is 0 Å². The van der Waals surface area contributed by atoms with Crippen molar-refractivity contribution in [3.63, 3.8) is 0 Å². The number of nitrogens with one attached hydrogen (secondary N) is 2. The van der Waals surface area contributed by atoms with Crippen molar-refractivity contribution in [2.45, 2.75) is 17.7 Å². The number of piperidine rings is 1. The van der Waals surface area contributed by atoms with Gasteiger partial charge in [-0.2, -0.15) is 0 Å². The standard InChI is InChI=1S/C12H15F3N2O2S/c13-9-4-10(14)12(11(15)5-9)20(18,19)17-7-8-2-1-3-16-6-8/h4-5,8,16-17H,1-3,6-7H2. The third-order valence-electron chi connectivity index (χ3n) is 3.19. The number of rotatable bonds is 4. The number of hydrogen-bond acceptors (Lipinski definition) is 3. The van der Waals surface area contributed by atoms with Gasteiger partial charge < -0.3 is 5.32 Å². The van der Waals surface area contributed by atoms with E-state index in [9.17, 15) is 21.6 Å². The van der Waals surface area contributed by atoms with E-state index < -0.39 is 32.4 Å². The Bertz CT molecular complexity index is 563. The first-order valence-corrected chi connectivity index (χ1v) is 7.73. The van der Waals surface area contributed by atoms with Crippen LogP contribution in [0.15, 0.2) is 17.0 Å². The van der Waals surface area contributed by atoms with Crippen molar-refractivity contribution in [1.29, 1.82) is 0 Å². The molecule has 0 bridgehead atoms. The summed E-state index contributed by atoms with van der Waals surface area (Å²) in [4.78, 5) is -1.14. The summed E-state index contributed by atoms with van der Waals surface area (Å²) in [6, 6.07) is 0.694. The molecule has 1 aromatic rings. The monoisotopic (exact) mass is 308 g/mol. The van der Waals surface area contributed by atoms with Crippen LogP contribution in [0.4, 0.5) is 13.2 Å². The maximum atomic E-state index is 13.5. The van der Waals surface area contributed by atoms with Crippen LogP contribution in [-0.4, -0.2) is 28.1 Å². The summed E-state index contributed by atoms with van der Waals surface area (Å²) in [7, 11) is -4.33. The molecule has 0 radical (unpaired) electrons. The predicted octanol–water partition coefficient (Wildman–Crippen LogP) is 1.38. The highest BCUT2D eigenvalue weighted by Gasteiger charge is 2.26. The Morgan fingerprint density at radius 3 is 2.45 bits per heavy atom. The minimum atomic E-state index is -4.33. The molecule has 112 valence electrons. The lowest BCUT2D eigenvalue weighted by Crippen LogP contribution is -2.38. The van der Waals surface area contributed by atoms with Crippen LogP contribution >= 0.6 is 0 Å². The van der Waals surface area contributed by atoms with Crippen LogP contribution in [0.2, 0.25) is 0 Å². The van der Waals surface area contributed by atoms with Crippen LogP contribution in [0.1, 0.15) is 12.8 Å². The van der Waals surface area contributed by atoms with Gasteiger partial charge in [-0.1, -0.05) is 0 Å². The van der Waals surface area contributed by atoms with Gasteiger partial charge in [0.1, 0.15) is 17.5 Å². The second-order valence-electron chi connectivity index (χ2n) is 4.76. The van der Waals surface area contributed by atoms with Crippen molar-refractivity contribution in [1.82, 2.24) is 10.0 Å². The van der Waals surface area contributed by atoms with E-state index in [1.165, 1.54) is 0 Å². The zero-order chi connectivity index (χ0) is 14.8. The minimum absolute atomic E-state index is 0.0742. The molecule has 1 saturated heterocycles. The van der Waals surface area contributed by atoms with Gasteiger partial charge in [-0.25, -0.2) is 26.3 Å². The molecule has 1 unspecified atom stereocenters. The van der Waals surface area contributed by atoms with Crippen LogP contribution < -0.4 is 10.0 Å². The lowest BCUT2D eigenvalue weighted by molar-refractivity contribution is 0.375. The van der Waals surface area contributed by atoms with Gasteiger partial charge in [0.05, 0.1) is 0 Å². The zero-order valence-corrected chi connectivity index (χ0v) is 11.4. The van der Waals surface area contributed by atoms with E-state index in [0.29, 0.717) is 18.7 Å². The van der Waals surface area contributed by atoms with Crippen molar-refractivity contribution in [2.75, 3.05) is 19.6 Å². The van der Waals surface area contributed by atoms with Crippen LogP contribution in [0.25, 0.3) is 0 Å². The molecule has 1 aromatic carbocycles. The summed E-state index contributed by atoms with van der Waals surface area (Å²) < 4.78 is 65.7. The van der Waals surface area contributed by atoms with Gasteiger partial charge in [-0.3, -0.25) is 0 Å². The predicted molar refractivity (Wildman–Crippen MR) is 67.1 cm³/mol. The number of sulfonamides is 1. The van der Waals surface area contributed by atoms with Gasteiger partial charge in [0.25, 0.3) is 0 Å². The molecule has 1 atom stereocenters. The lowest BCUT2D eigenvalue weighted by Gasteiger charge is -2.22. The van der Waals surface area contributed by atoms with Crippen LogP contribution in [-0.2, 0) is 10.0 Å². The molecular formula is C12H15F3N2O2S. The molecule has 2 rings (SSSR count). The Hall–Kier alpha value is -1.12. The second kappa shape index (κ2) is 6.11. The molecule has 20 heavy (non-hydrogen) atoms. The topological polar surface area (TPSA) is 58.2 Å². The molecule has 1 fully saturated rings. The first kappa shape index (κ1) is 15.3. The first-order valence-electron chi connectivity index (χ1n) is 6.25. The van der Waals surface area contributed by atoms with E-state index in [1.807, 2.05) is 0 Å². The van der Waals surface area contributed by atoms with Crippen LogP contribution in [0.5, 0.6) is 0 Å². The highest BCUT2D eigenvalue weighted by molar-refractivity contribution is 7.89. The van der Waals surface area contributed by atoms with Crippen molar-refractivity contribution in [2.24, 2.45) is 5.92 Å². The van der Waals surface area contributed by atoms with Crippen molar-refractivity contribution in [3.8, 4) is 0 Å². The van der Waals surface area contributed by atoms with E-state index >= 15 is 0 Å². The Balaban J connectivity index is 2.14. The summed E-state index contributed by atoms with van der Waals surface area (Å²) in [5.41, 5.74) is 0. The highest BCUT2D eigenvalue weighted by Crippen LogP contribution is 2.20. The van der Waals surface area contributed by atoms with Gasteiger partial charge in [0.15, 0.2) is 4.90 Å². The third-order valence-corrected chi connectivity index (χ3v) is 4.67. The number of hydrogen-bond donors (Lipinski definition) is 2. The Morgan fingerprint density at radius 2 is 1.90 bits per heavy atom. The number of halogens is 3. The van der Waals surface area contributed by atoms with E-state index in [0.717, 1.165) is 19.4 Å². The Morgan fingerprint density at radius 1 is 1.25 bits per heavy atom. The van der Waals surface area contributed by atoms with Crippen molar-refractivity contribution < 1.29 is 21.6 Å². The fourth-order valence-corrected chi connectivity index (χ4v) is 3.41. The first-order chi connectivity index (χ1) is 9.40. The van der Waals surface area contributed by atoms with E-state index in [2.05, 4.69) is 10.0 Å². The second-order valence-corrected chi connectivity index (χ2v) is 6.47. The molecule has 1 aliphatic heterocycles. The Kier molecular flexibility index (Phi) is 4.66. The minimum Gasteiger partial charge on any atom is -0.316 e. The highest BCUT2D eigenvalue weighted by atomic mass is 32.2. The van der Waals surface area contributed by atoms with Crippen LogP contribution in [0, 0.1) is 23.4 Å². The summed E-state index contributed by atoms with van der Waals surface area (Å²) in [5, 5.41) is 3.11. The molecule has 0 aliphatic carbocycles. The maximum Gasteiger partial charge on any atom is 0.246 e. The lowest BCUT2D eigenvalue weighted by atomic mass is 10.0. The van der Waals surface area contributed by atoms with E-state index in [-0.39, 0.29) is 12.5 Å². The average molecular weight is 308 g/mol. The smallest absolute Gasteiger partial charge is 0.246 e.